The summed E-state index contributed by atoms with van der Waals surface area (Å²) in [4.78, 5) is 0. The largest absolute Gasteiger partial charge is 0.388 e. The lowest BCUT2D eigenvalue weighted by molar-refractivity contribution is 0.0586. The minimum atomic E-state index is -0.773. The summed E-state index contributed by atoms with van der Waals surface area (Å²) >= 11 is 0. The molecule has 0 bridgehead atoms. The number of aryl methyl sites for hydroxylation is 1. The zero-order valence-corrected chi connectivity index (χ0v) is 10.6. The first-order chi connectivity index (χ1) is 7.39. The molecule has 16 heavy (non-hydrogen) atoms. The third-order valence-corrected chi connectivity index (χ3v) is 2.27. The second-order valence-electron chi connectivity index (χ2n) is 5.08. The maximum Gasteiger partial charge on any atom is 0.0856 e. The normalized spacial score (nSPS) is 15.4. The maximum absolute atomic E-state index is 10.2. The van der Waals surface area contributed by atoms with E-state index in [1.165, 1.54) is 0 Å². The summed E-state index contributed by atoms with van der Waals surface area (Å²) in [7, 11) is 1.82. The van der Waals surface area contributed by atoms with Crippen molar-refractivity contribution in [1.82, 2.24) is 20.3 Å². The zero-order valence-electron chi connectivity index (χ0n) is 10.6. The molecule has 0 amide bonds. The number of hydrogen-bond acceptors (Lipinski definition) is 4. The van der Waals surface area contributed by atoms with Crippen molar-refractivity contribution in [3.8, 4) is 0 Å². The van der Waals surface area contributed by atoms with E-state index >= 15 is 0 Å². The van der Waals surface area contributed by atoms with E-state index < -0.39 is 5.60 Å². The van der Waals surface area contributed by atoms with Gasteiger partial charge in [-0.3, -0.25) is 4.68 Å². The zero-order chi connectivity index (χ0) is 12.2. The second-order valence-corrected chi connectivity index (χ2v) is 5.08. The van der Waals surface area contributed by atoms with Crippen LogP contribution in [0.25, 0.3) is 0 Å². The minimum Gasteiger partial charge on any atom is -0.388 e. The van der Waals surface area contributed by atoms with Crippen molar-refractivity contribution in [2.24, 2.45) is 13.0 Å². The maximum atomic E-state index is 10.2. The standard InChI is InChI=1S/C11H22N4O/c1-9(2)6-12-8-11(3,16)5-10-7-15(4)14-13-10/h7,9,12,16H,5-6,8H2,1-4H3. The number of rotatable bonds is 6. The molecule has 1 atom stereocenters. The summed E-state index contributed by atoms with van der Waals surface area (Å²) in [6, 6.07) is 0. The number of aliphatic hydroxyl groups is 1. The lowest BCUT2D eigenvalue weighted by Gasteiger charge is -2.23. The van der Waals surface area contributed by atoms with Crippen molar-refractivity contribution in [2.45, 2.75) is 32.8 Å². The van der Waals surface area contributed by atoms with E-state index in [2.05, 4.69) is 29.5 Å². The predicted octanol–water partition coefficient (Wildman–Crippen LogP) is 0.354. The molecule has 1 aromatic rings. The van der Waals surface area contributed by atoms with E-state index in [4.69, 9.17) is 0 Å². The van der Waals surface area contributed by atoms with Gasteiger partial charge in [0.2, 0.25) is 0 Å². The van der Waals surface area contributed by atoms with Gasteiger partial charge in [-0.2, -0.15) is 0 Å². The Morgan fingerprint density at radius 3 is 2.75 bits per heavy atom. The highest BCUT2D eigenvalue weighted by atomic mass is 16.3. The van der Waals surface area contributed by atoms with Crippen LogP contribution in [-0.2, 0) is 13.5 Å². The van der Waals surface area contributed by atoms with Gasteiger partial charge in [-0.1, -0.05) is 19.1 Å². The molecule has 5 nitrogen and oxygen atoms in total. The van der Waals surface area contributed by atoms with E-state index in [9.17, 15) is 5.11 Å². The minimum absolute atomic E-state index is 0.520. The lowest BCUT2D eigenvalue weighted by atomic mass is 10.0. The first-order valence-corrected chi connectivity index (χ1v) is 5.67. The Hall–Kier alpha value is -0.940. The van der Waals surface area contributed by atoms with Crippen LogP contribution in [0.5, 0.6) is 0 Å². The molecule has 0 saturated heterocycles. The topological polar surface area (TPSA) is 63.0 Å². The highest BCUT2D eigenvalue weighted by molar-refractivity contribution is 4.98. The van der Waals surface area contributed by atoms with Crippen molar-refractivity contribution < 1.29 is 5.11 Å². The summed E-state index contributed by atoms with van der Waals surface area (Å²) in [6.07, 6.45) is 2.35. The smallest absolute Gasteiger partial charge is 0.0856 e. The highest BCUT2D eigenvalue weighted by Gasteiger charge is 2.22. The Morgan fingerprint density at radius 2 is 2.25 bits per heavy atom. The van der Waals surface area contributed by atoms with Crippen LogP contribution < -0.4 is 5.32 Å². The quantitative estimate of drug-likeness (QED) is 0.735. The van der Waals surface area contributed by atoms with Crippen LogP contribution in [0.3, 0.4) is 0 Å². The Bertz CT molecular complexity index is 320. The van der Waals surface area contributed by atoms with Gasteiger partial charge in [0.05, 0.1) is 11.3 Å². The first-order valence-electron chi connectivity index (χ1n) is 5.67. The number of nitrogens with one attached hydrogen (secondary N) is 1. The summed E-state index contributed by atoms with van der Waals surface area (Å²) in [5.74, 6) is 0.590. The number of aromatic nitrogens is 3. The van der Waals surface area contributed by atoms with Gasteiger partial charge in [-0.15, -0.1) is 5.10 Å². The molecule has 1 rings (SSSR count). The molecular weight excluding hydrogens is 204 g/mol. The third kappa shape index (κ3) is 4.72. The van der Waals surface area contributed by atoms with Gasteiger partial charge in [0, 0.05) is 26.2 Å². The fourth-order valence-electron chi connectivity index (χ4n) is 1.56. The van der Waals surface area contributed by atoms with Crippen molar-refractivity contribution in [3.05, 3.63) is 11.9 Å². The van der Waals surface area contributed by atoms with Gasteiger partial charge in [-0.05, 0) is 19.4 Å². The van der Waals surface area contributed by atoms with Gasteiger partial charge < -0.3 is 10.4 Å². The second kappa shape index (κ2) is 5.41. The van der Waals surface area contributed by atoms with Crippen LogP contribution >= 0.6 is 0 Å². The molecule has 5 heteroatoms. The Balaban J connectivity index is 2.39. The molecule has 1 aromatic heterocycles. The lowest BCUT2D eigenvalue weighted by Crippen LogP contribution is -2.41. The summed E-state index contributed by atoms with van der Waals surface area (Å²) in [6.45, 7) is 7.59. The van der Waals surface area contributed by atoms with Crippen LogP contribution in [-0.4, -0.2) is 38.8 Å². The molecule has 2 N–H and O–H groups in total. The van der Waals surface area contributed by atoms with E-state index in [0.29, 0.717) is 18.9 Å². The monoisotopic (exact) mass is 226 g/mol. The van der Waals surface area contributed by atoms with Crippen molar-refractivity contribution in [3.63, 3.8) is 0 Å². The SMILES string of the molecule is CC(C)CNCC(C)(O)Cc1cn(C)nn1. The van der Waals surface area contributed by atoms with E-state index in [1.54, 1.807) is 4.68 Å². The fourth-order valence-corrected chi connectivity index (χ4v) is 1.56. The Morgan fingerprint density at radius 1 is 1.56 bits per heavy atom. The molecule has 0 aliphatic heterocycles. The third-order valence-electron chi connectivity index (χ3n) is 2.27. The molecule has 0 radical (unpaired) electrons. The molecule has 0 fully saturated rings. The molecule has 92 valence electrons. The van der Waals surface area contributed by atoms with Crippen LogP contribution in [0, 0.1) is 5.92 Å². The molecule has 0 spiro atoms. The van der Waals surface area contributed by atoms with Crippen LogP contribution in [0.1, 0.15) is 26.5 Å². The van der Waals surface area contributed by atoms with Crippen molar-refractivity contribution in [2.75, 3.05) is 13.1 Å². The Kier molecular flexibility index (Phi) is 4.44. The molecule has 0 saturated carbocycles. The van der Waals surface area contributed by atoms with Gasteiger partial charge in [0.15, 0.2) is 0 Å². The summed E-state index contributed by atoms with van der Waals surface area (Å²) < 4.78 is 1.65. The molecule has 0 aliphatic rings. The van der Waals surface area contributed by atoms with Crippen LogP contribution in [0.15, 0.2) is 6.20 Å². The highest BCUT2D eigenvalue weighted by Crippen LogP contribution is 2.09. The van der Waals surface area contributed by atoms with E-state index in [-0.39, 0.29) is 0 Å². The molecule has 1 unspecified atom stereocenters. The van der Waals surface area contributed by atoms with Gasteiger partial charge >= 0.3 is 0 Å². The van der Waals surface area contributed by atoms with Crippen LogP contribution in [0.2, 0.25) is 0 Å². The summed E-state index contributed by atoms with van der Waals surface area (Å²) in [5, 5.41) is 21.2. The van der Waals surface area contributed by atoms with Gasteiger partial charge in [0.1, 0.15) is 0 Å². The predicted molar refractivity (Wildman–Crippen MR) is 63.0 cm³/mol. The average Bonchev–Trinajstić information content (AvgIpc) is 2.48. The van der Waals surface area contributed by atoms with E-state index in [1.807, 2.05) is 20.2 Å². The molecular formula is C11H22N4O. The van der Waals surface area contributed by atoms with Crippen LogP contribution in [0.4, 0.5) is 0 Å². The Labute approximate surface area is 96.9 Å². The fraction of sp³-hybridized carbons (Fsp3) is 0.818. The number of hydrogen-bond donors (Lipinski definition) is 2. The van der Waals surface area contributed by atoms with Crippen molar-refractivity contribution in [1.29, 1.82) is 0 Å². The molecule has 0 aliphatic carbocycles. The van der Waals surface area contributed by atoms with Gasteiger partial charge in [0.25, 0.3) is 0 Å². The molecule has 0 aromatic carbocycles. The average molecular weight is 226 g/mol. The van der Waals surface area contributed by atoms with Crippen molar-refractivity contribution >= 4 is 0 Å². The molecule has 1 heterocycles. The first kappa shape index (κ1) is 13.1. The van der Waals surface area contributed by atoms with Gasteiger partial charge in [-0.25, -0.2) is 0 Å². The van der Waals surface area contributed by atoms with E-state index in [0.717, 1.165) is 12.2 Å². The number of nitrogens with zero attached hydrogens (tertiary/aromatic N) is 3. The summed E-state index contributed by atoms with van der Waals surface area (Å²) in [5.41, 5.74) is 0.0455.